The minimum absolute atomic E-state index is 0.181. The molecule has 3 nitrogen and oxygen atoms in total. The van der Waals surface area contributed by atoms with Crippen LogP contribution in [0, 0.1) is 5.82 Å². The van der Waals surface area contributed by atoms with Gasteiger partial charge in [-0.1, -0.05) is 24.3 Å². The van der Waals surface area contributed by atoms with E-state index >= 15 is 0 Å². The zero-order valence-electron chi connectivity index (χ0n) is 11.4. The number of halogens is 1. The number of hydrogen-bond acceptors (Lipinski definition) is 5. The van der Waals surface area contributed by atoms with Crippen LogP contribution in [-0.4, -0.2) is 19.9 Å². The molecule has 0 radical (unpaired) electrons. The predicted octanol–water partition coefficient (Wildman–Crippen LogP) is 4.07. The minimum atomic E-state index is -4.16. The van der Waals surface area contributed by atoms with Gasteiger partial charge in [0.25, 0.3) is 0 Å². The summed E-state index contributed by atoms with van der Waals surface area (Å²) in [6.07, 6.45) is 0. The fourth-order valence-electron chi connectivity index (χ4n) is 2.05. The van der Waals surface area contributed by atoms with Gasteiger partial charge < -0.3 is 4.18 Å². The van der Waals surface area contributed by atoms with E-state index in [0.717, 1.165) is 23.1 Å². The monoisotopic (exact) mass is 356 g/mol. The molecule has 0 unspecified atom stereocenters. The van der Waals surface area contributed by atoms with Gasteiger partial charge in [0.1, 0.15) is 16.5 Å². The smallest absolute Gasteiger partial charge is 0.342 e. The molecule has 0 bridgehead atoms. The molecule has 2 aromatic rings. The number of benzene rings is 2. The Bertz CT molecular complexity index is 754. The first kappa shape index (κ1) is 15.7. The summed E-state index contributed by atoms with van der Waals surface area (Å²) in [6.45, 7) is 0. The molecule has 1 aliphatic heterocycles. The summed E-state index contributed by atoms with van der Waals surface area (Å²) in [5.41, 5.74) is 1.13. The molecule has 0 aromatic heterocycles. The molecular formula is C15H13FO3S3. The van der Waals surface area contributed by atoms with Gasteiger partial charge in [0.05, 0.1) is 4.58 Å². The normalized spacial score (nSPS) is 15.9. The fraction of sp³-hybridized carbons (Fsp3) is 0.200. The van der Waals surface area contributed by atoms with Gasteiger partial charge in [-0.05, 0) is 29.8 Å². The van der Waals surface area contributed by atoms with Crippen molar-refractivity contribution >= 4 is 33.6 Å². The molecule has 0 N–H and O–H groups in total. The first-order valence-electron chi connectivity index (χ1n) is 6.58. The molecule has 7 heteroatoms. The van der Waals surface area contributed by atoms with Crippen molar-refractivity contribution in [2.45, 2.75) is 9.48 Å². The lowest BCUT2D eigenvalue weighted by atomic mass is 10.2. The minimum Gasteiger partial charge on any atom is -0.379 e. The first-order valence-corrected chi connectivity index (χ1v) is 10.1. The van der Waals surface area contributed by atoms with Crippen LogP contribution in [0.15, 0.2) is 53.4 Å². The molecule has 2 aromatic carbocycles. The third kappa shape index (κ3) is 3.42. The SMILES string of the molecule is O=S(=O)(Oc1ccc(C2SCCS2)cc1)c1ccccc1F. The van der Waals surface area contributed by atoms with E-state index in [4.69, 9.17) is 4.18 Å². The Hall–Kier alpha value is -1.18. The molecular weight excluding hydrogens is 343 g/mol. The Kier molecular flexibility index (Phi) is 4.65. The largest absolute Gasteiger partial charge is 0.379 e. The molecule has 22 heavy (non-hydrogen) atoms. The van der Waals surface area contributed by atoms with Crippen molar-refractivity contribution in [3.63, 3.8) is 0 Å². The van der Waals surface area contributed by atoms with E-state index in [1.165, 1.54) is 18.2 Å². The second kappa shape index (κ2) is 6.52. The molecule has 0 atom stereocenters. The highest BCUT2D eigenvalue weighted by molar-refractivity contribution is 8.19. The second-order valence-electron chi connectivity index (χ2n) is 4.61. The van der Waals surface area contributed by atoms with E-state index in [0.29, 0.717) is 4.58 Å². The second-order valence-corrected chi connectivity index (χ2v) is 8.85. The quantitative estimate of drug-likeness (QED) is 0.773. The molecule has 3 rings (SSSR count). The first-order chi connectivity index (χ1) is 10.6. The maximum absolute atomic E-state index is 13.6. The van der Waals surface area contributed by atoms with Crippen molar-refractivity contribution in [3.05, 3.63) is 59.9 Å². The molecule has 0 amide bonds. The molecule has 0 aliphatic carbocycles. The number of hydrogen-bond donors (Lipinski definition) is 0. The molecule has 0 spiro atoms. The van der Waals surface area contributed by atoms with Gasteiger partial charge in [0.15, 0.2) is 0 Å². The van der Waals surface area contributed by atoms with Crippen LogP contribution in [0.5, 0.6) is 5.75 Å². The van der Waals surface area contributed by atoms with Gasteiger partial charge in [-0.25, -0.2) is 4.39 Å². The average Bonchev–Trinajstić information content (AvgIpc) is 3.02. The number of thioether (sulfide) groups is 2. The van der Waals surface area contributed by atoms with Crippen LogP contribution in [0.2, 0.25) is 0 Å². The lowest BCUT2D eigenvalue weighted by Crippen LogP contribution is -2.11. The van der Waals surface area contributed by atoms with Gasteiger partial charge in [-0.15, -0.1) is 23.5 Å². The van der Waals surface area contributed by atoms with Gasteiger partial charge in [0.2, 0.25) is 0 Å². The van der Waals surface area contributed by atoms with Gasteiger partial charge in [-0.2, -0.15) is 8.42 Å². The summed E-state index contributed by atoms with van der Waals surface area (Å²) < 4.78 is 43.2. The average molecular weight is 356 g/mol. The van der Waals surface area contributed by atoms with E-state index in [9.17, 15) is 12.8 Å². The molecule has 1 fully saturated rings. The van der Waals surface area contributed by atoms with E-state index in [1.54, 1.807) is 12.1 Å². The Balaban J connectivity index is 1.79. The third-order valence-electron chi connectivity index (χ3n) is 3.09. The maximum Gasteiger partial charge on any atom is 0.342 e. The zero-order chi connectivity index (χ0) is 15.6. The summed E-state index contributed by atoms with van der Waals surface area (Å²) in [5, 5.41) is 0. The van der Waals surface area contributed by atoms with Crippen molar-refractivity contribution in [1.29, 1.82) is 0 Å². The highest BCUT2D eigenvalue weighted by atomic mass is 32.2. The molecule has 1 saturated heterocycles. The number of rotatable bonds is 4. The summed E-state index contributed by atoms with van der Waals surface area (Å²) in [6, 6.07) is 12.1. The highest BCUT2D eigenvalue weighted by Gasteiger charge is 2.22. The van der Waals surface area contributed by atoms with Crippen molar-refractivity contribution in [1.82, 2.24) is 0 Å². The molecule has 1 aliphatic rings. The highest BCUT2D eigenvalue weighted by Crippen LogP contribution is 2.45. The summed E-state index contributed by atoms with van der Waals surface area (Å²) in [4.78, 5) is -0.457. The third-order valence-corrected chi connectivity index (χ3v) is 7.47. The van der Waals surface area contributed by atoms with Crippen molar-refractivity contribution in [2.75, 3.05) is 11.5 Å². The topological polar surface area (TPSA) is 43.4 Å². The Morgan fingerprint density at radius 1 is 1.00 bits per heavy atom. The Morgan fingerprint density at radius 2 is 1.64 bits per heavy atom. The molecule has 116 valence electrons. The van der Waals surface area contributed by atoms with Crippen LogP contribution in [0.1, 0.15) is 10.1 Å². The van der Waals surface area contributed by atoms with Crippen LogP contribution in [0.3, 0.4) is 0 Å². The van der Waals surface area contributed by atoms with Crippen molar-refractivity contribution in [3.8, 4) is 5.75 Å². The van der Waals surface area contributed by atoms with Crippen LogP contribution in [0.25, 0.3) is 0 Å². The van der Waals surface area contributed by atoms with Gasteiger partial charge in [0, 0.05) is 11.5 Å². The molecule has 0 saturated carbocycles. The standard InChI is InChI=1S/C15H13FO3S3/c16-13-3-1-2-4-14(13)22(17,18)19-12-7-5-11(6-8-12)15-20-9-10-21-15/h1-8,15H,9-10H2. The lowest BCUT2D eigenvalue weighted by Gasteiger charge is -2.10. The van der Waals surface area contributed by atoms with Gasteiger partial charge in [-0.3, -0.25) is 0 Å². The van der Waals surface area contributed by atoms with Crippen LogP contribution in [-0.2, 0) is 10.1 Å². The Labute approximate surface area is 137 Å². The van der Waals surface area contributed by atoms with E-state index < -0.39 is 20.8 Å². The lowest BCUT2D eigenvalue weighted by molar-refractivity contribution is 0.476. The van der Waals surface area contributed by atoms with E-state index in [1.807, 2.05) is 35.7 Å². The maximum atomic E-state index is 13.6. The molecule has 1 heterocycles. The van der Waals surface area contributed by atoms with Crippen LogP contribution >= 0.6 is 23.5 Å². The van der Waals surface area contributed by atoms with Crippen LogP contribution < -0.4 is 4.18 Å². The predicted molar refractivity (Wildman–Crippen MR) is 88.3 cm³/mol. The van der Waals surface area contributed by atoms with Gasteiger partial charge >= 0.3 is 10.1 Å². The summed E-state index contributed by atoms with van der Waals surface area (Å²) in [7, 11) is -4.16. The van der Waals surface area contributed by atoms with E-state index in [2.05, 4.69) is 0 Å². The fourth-order valence-corrected chi connectivity index (χ4v) is 5.92. The Morgan fingerprint density at radius 3 is 2.27 bits per heavy atom. The zero-order valence-corrected chi connectivity index (χ0v) is 13.9. The van der Waals surface area contributed by atoms with E-state index in [-0.39, 0.29) is 5.75 Å². The van der Waals surface area contributed by atoms with Crippen molar-refractivity contribution < 1.29 is 17.0 Å². The van der Waals surface area contributed by atoms with Crippen LogP contribution in [0.4, 0.5) is 4.39 Å². The summed E-state index contributed by atoms with van der Waals surface area (Å²) >= 11 is 3.74. The van der Waals surface area contributed by atoms with Crippen molar-refractivity contribution in [2.24, 2.45) is 0 Å². The summed E-state index contributed by atoms with van der Waals surface area (Å²) in [5.74, 6) is 1.60.